The Bertz CT molecular complexity index is 1260. The number of amides is 4. The fourth-order valence-electron chi connectivity index (χ4n) is 4.15. The van der Waals surface area contributed by atoms with Crippen molar-refractivity contribution in [1.82, 2.24) is 10.2 Å². The highest BCUT2D eigenvalue weighted by Gasteiger charge is 2.41. The third kappa shape index (κ3) is 5.80. The van der Waals surface area contributed by atoms with Crippen molar-refractivity contribution in [1.29, 1.82) is 0 Å². The molecule has 3 atom stereocenters. The summed E-state index contributed by atoms with van der Waals surface area (Å²) >= 11 is 1.00. The van der Waals surface area contributed by atoms with Crippen LogP contribution in [0.15, 0.2) is 45.5 Å². The summed E-state index contributed by atoms with van der Waals surface area (Å²) in [5, 5.41) is 11.8. The van der Waals surface area contributed by atoms with Crippen LogP contribution in [0.1, 0.15) is 66.3 Å². The van der Waals surface area contributed by atoms with E-state index in [2.05, 4.69) is 33.0 Å². The maximum absolute atomic E-state index is 14.2. The van der Waals surface area contributed by atoms with E-state index in [0.29, 0.717) is 28.1 Å². The first kappa shape index (κ1) is 26.3. The molecular weight excluding hydrogens is 497 g/mol. The highest BCUT2D eigenvalue weighted by Crippen LogP contribution is 2.35. The first-order chi connectivity index (χ1) is 17.6. The van der Waals surface area contributed by atoms with Crippen LogP contribution in [-0.4, -0.2) is 45.7 Å². The van der Waals surface area contributed by atoms with Crippen LogP contribution in [0.5, 0.6) is 0 Å². The average molecular weight is 524 g/mol. The molecule has 2 aromatic carbocycles. The van der Waals surface area contributed by atoms with Crippen LogP contribution in [0.25, 0.3) is 0 Å². The zero-order chi connectivity index (χ0) is 26.7. The fraction of sp³-hybridized carbons (Fsp3) is 0.385. The number of hydrogen-bond acceptors (Lipinski definition) is 7. The highest BCUT2D eigenvalue weighted by molar-refractivity contribution is 8.00. The number of halogens is 1. The molecule has 0 aromatic heterocycles. The Morgan fingerprint density at radius 3 is 2.70 bits per heavy atom. The molecule has 1 fully saturated rings. The van der Waals surface area contributed by atoms with E-state index in [0.717, 1.165) is 11.8 Å². The summed E-state index contributed by atoms with van der Waals surface area (Å²) in [4.78, 5) is 51.9. The quantitative estimate of drug-likeness (QED) is 0.317. The average Bonchev–Trinajstić information content (AvgIpc) is 2.85. The van der Waals surface area contributed by atoms with Crippen molar-refractivity contribution in [3.8, 4) is 0 Å². The SMILES string of the molecule is CCC(C)(F)Sc1c#cc(C(=O)N=NCc2cccc3c2C(=O)N(C2CCC(=O)NC2=O)C(C)N3)cc1. The summed E-state index contributed by atoms with van der Waals surface area (Å²) < 4.78 is 14.2. The van der Waals surface area contributed by atoms with Gasteiger partial charge in [-0.25, -0.2) is 4.39 Å². The summed E-state index contributed by atoms with van der Waals surface area (Å²) in [7, 11) is 0. The molecular formula is C26H26FN5O4S. The van der Waals surface area contributed by atoms with E-state index < -0.39 is 29.0 Å². The van der Waals surface area contributed by atoms with Crippen molar-refractivity contribution in [3.63, 3.8) is 0 Å². The van der Waals surface area contributed by atoms with Gasteiger partial charge in [-0.15, -0.1) is 5.11 Å². The molecule has 3 unspecified atom stereocenters. The molecule has 11 heteroatoms. The van der Waals surface area contributed by atoms with E-state index in [1.165, 1.54) is 17.9 Å². The Hall–Kier alpha value is -3.78. The van der Waals surface area contributed by atoms with Gasteiger partial charge in [0.1, 0.15) is 6.04 Å². The molecule has 0 saturated carbocycles. The number of nitrogens with one attached hydrogen (secondary N) is 2. The molecule has 2 aromatic rings. The number of fused-ring (bicyclic) bond motifs is 1. The molecule has 0 bridgehead atoms. The van der Waals surface area contributed by atoms with Gasteiger partial charge < -0.3 is 10.2 Å². The van der Waals surface area contributed by atoms with E-state index in [1.54, 1.807) is 38.1 Å². The van der Waals surface area contributed by atoms with E-state index in [4.69, 9.17) is 0 Å². The first-order valence-electron chi connectivity index (χ1n) is 11.9. The van der Waals surface area contributed by atoms with E-state index >= 15 is 0 Å². The number of rotatable bonds is 7. The van der Waals surface area contributed by atoms with E-state index in [1.807, 2.05) is 0 Å². The number of carbonyl (C=O) groups excluding carboxylic acids is 4. The van der Waals surface area contributed by atoms with Gasteiger partial charge in [-0.05, 0) is 50.5 Å². The second-order valence-corrected chi connectivity index (χ2v) is 10.5. The van der Waals surface area contributed by atoms with Crippen molar-refractivity contribution in [2.75, 3.05) is 5.32 Å². The second-order valence-electron chi connectivity index (χ2n) is 8.96. The monoisotopic (exact) mass is 523 g/mol. The number of carbonyl (C=O) groups is 4. The van der Waals surface area contributed by atoms with Crippen LogP contribution < -0.4 is 10.6 Å². The molecule has 4 rings (SSSR count). The molecule has 4 amide bonds. The van der Waals surface area contributed by atoms with Gasteiger partial charge in [-0.2, -0.15) is 5.11 Å². The molecule has 192 valence electrons. The summed E-state index contributed by atoms with van der Waals surface area (Å²) in [5.74, 6) is -1.87. The molecule has 2 N–H and O–H groups in total. The lowest BCUT2D eigenvalue weighted by molar-refractivity contribution is -0.137. The molecule has 0 spiro atoms. The predicted molar refractivity (Wildman–Crippen MR) is 135 cm³/mol. The Morgan fingerprint density at radius 1 is 1.24 bits per heavy atom. The summed E-state index contributed by atoms with van der Waals surface area (Å²) in [5.41, 5.74) is 1.59. The molecule has 2 aliphatic heterocycles. The van der Waals surface area contributed by atoms with Gasteiger partial charge >= 0.3 is 5.91 Å². The lowest BCUT2D eigenvalue weighted by atomic mass is 9.97. The number of imide groups is 1. The van der Waals surface area contributed by atoms with Crippen molar-refractivity contribution in [3.05, 3.63) is 59.2 Å². The number of alkyl halides is 1. The van der Waals surface area contributed by atoms with Gasteiger partial charge in [0.2, 0.25) is 11.8 Å². The largest absolute Gasteiger partial charge is 0.365 e. The summed E-state index contributed by atoms with van der Waals surface area (Å²) in [6.07, 6.45) is 0.244. The van der Waals surface area contributed by atoms with Crippen molar-refractivity contribution < 1.29 is 23.6 Å². The maximum atomic E-state index is 14.2. The van der Waals surface area contributed by atoms with Gasteiger partial charge in [0.15, 0.2) is 5.00 Å². The molecule has 0 radical (unpaired) electrons. The van der Waals surface area contributed by atoms with Crippen molar-refractivity contribution >= 4 is 41.1 Å². The molecule has 2 heterocycles. The number of benzene rings is 1. The number of nitrogens with zero attached hydrogens (tertiary/aromatic N) is 3. The van der Waals surface area contributed by atoms with Gasteiger partial charge in [0.25, 0.3) is 5.91 Å². The molecule has 37 heavy (non-hydrogen) atoms. The lowest BCUT2D eigenvalue weighted by Crippen LogP contribution is -2.60. The molecule has 9 nitrogen and oxygen atoms in total. The molecule has 2 aliphatic rings. The van der Waals surface area contributed by atoms with Crippen molar-refractivity contribution in [2.45, 2.75) is 68.7 Å². The Kier molecular flexibility index (Phi) is 7.59. The Morgan fingerprint density at radius 2 is 2.03 bits per heavy atom. The highest BCUT2D eigenvalue weighted by atomic mass is 32.2. The van der Waals surface area contributed by atoms with Crippen LogP contribution in [0.2, 0.25) is 0 Å². The van der Waals surface area contributed by atoms with Crippen LogP contribution in [0.4, 0.5) is 10.1 Å². The topological polar surface area (TPSA) is 120 Å². The number of azo groups is 1. The van der Waals surface area contributed by atoms with Crippen LogP contribution in [-0.2, 0) is 16.1 Å². The smallest absolute Gasteiger partial charge is 0.303 e. The van der Waals surface area contributed by atoms with E-state index in [-0.39, 0.29) is 36.8 Å². The van der Waals surface area contributed by atoms with Crippen molar-refractivity contribution in [2.24, 2.45) is 10.2 Å². The minimum atomic E-state index is -1.44. The third-order valence-electron chi connectivity index (χ3n) is 6.24. The molecule has 1 saturated heterocycles. The van der Waals surface area contributed by atoms with Gasteiger partial charge in [0.05, 0.1) is 28.7 Å². The number of thioether (sulfide) groups is 1. The maximum Gasteiger partial charge on any atom is 0.303 e. The van der Waals surface area contributed by atoms with Gasteiger partial charge in [0, 0.05) is 12.1 Å². The summed E-state index contributed by atoms with van der Waals surface area (Å²) in [6.45, 7) is 4.94. The standard InChI is InChI=1S/C26H26FN5O4S/c1-4-26(3,27)37-18-10-8-16(9-11-18)23(34)31-28-14-17-6-5-7-19-22(17)25(36)32(15(2)29-19)20-12-13-21(33)30-24(20)35/h5-8,10,15,20,29H,4,12-14H2,1-3H3,(H,30,33,35). The lowest BCUT2D eigenvalue weighted by Gasteiger charge is -2.41. The minimum Gasteiger partial charge on any atom is -0.365 e. The number of piperidine rings is 1. The van der Waals surface area contributed by atoms with E-state index in [9.17, 15) is 23.6 Å². The van der Waals surface area contributed by atoms with Crippen LogP contribution in [0.3, 0.4) is 0 Å². The first-order valence-corrected chi connectivity index (χ1v) is 12.7. The van der Waals surface area contributed by atoms with Crippen LogP contribution in [0, 0.1) is 12.1 Å². The van der Waals surface area contributed by atoms with Gasteiger partial charge in [-0.3, -0.25) is 24.5 Å². The zero-order valence-electron chi connectivity index (χ0n) is 20.6. The van der Waals surface area contributed by atoms with Crippen LogP contribution >= 0.6 is 11.8 Å². The number of anilines is 1. The predicted octanol–water partition coefficient (Wildman–Crippen LogP) is 4.29. The normalized spacial score (nSPS) is 21.1. The number of hydrogen-bond donors (Lipinski definition) is 2. The van der Waals surface area contributed by atoms with Gasteiger partial charge in [-0.1, -0.05) is 43.0 Å². The zero-order valence-corrected chi connectivity index (χ0v) is 21.4. The molecule has 0 aliphatic carbocycles. The second kappa shape index (κ2) is 10.7. The Labute approximate surface area is 218 Å². The minimum absolute atomic E-state index is 0.0474. The Balaban J connectivity index is 1.48. The fourth-order valence-corrected chi connectivity index (χ4v) is 4.99. The summed E-state index contributed by atoms with van der Waals surface area (Å²) in [6, 6.07) is 13.0. The third-order valence-corrected chi connectivity index (χ3v) is 7.41.